The van der Waals surface area contributed by atoms with E-state index in [9.17, 15) is 4.79 Å². The number of para-hydroxylation sites is 1. The molecule has 0 aliphatic carbocycles. The normalized spacial score (nSPS) is 16.5. The molecule has 0 fully saturated rings. The first-order valence-corrected chi connectivity index (χ1v) is 8.09. The molecule has 0 bridgehead atoms. The number of urea groups is 1. The van der Waals surface area contributed by atoms with Crippen molar-refractivity contribution in [2.45, 2.75) is 32.2 Å². The monoisotopic (exact) mass is 330 g/mol. The number of carbonyl (C=O) groups is 1. The van der Waals surface area contributed by atoms with Crippen LogP contribution in [0.4, 0.5) is 10.5 Å². The van der Waals surface area contributed by atoms with Crippen LogP contribution in [0.3, 0.4) is 0 Å². The molecule has 0 saturated carbocycles. The van der Waals surface area contributed by atoms with Gasteiger partial charge in [-0.3, -0.25) is 4.90 Å². The van der Waals surface area contributed by atoms with Crippen LogP contribution in [0.15, 0.2) is 28.8 Å². The number of ether oxygens (including phenoxy) is 1. The number of hydrogen-bond donors (Lipinski definition) is 1. The highest BCUT2D eigenvalue weighted by molar-refractivity contribution is 5.95. The van der Waals surface area contributed by atoms with Crippen molar-refractivity contribution in [1.82, 2.24) is 15.5 Å². The van der Waals surface area contributed by atoms with Gasteiger partial charge < -0.3 is 14.6 Å². The summed E-state index contributed by atoms with van der Waals surface area (Å²) in [6.45, 7) is 4.92. The molecule has 24 heavy (non-hydrogen) atoms. The van der Waals surface area contributed by atoms with Crippen molar-refractivity contribution in [2.24, 2.45) is 0 Å². The van der Waals surface area contributed by atoms with E-state index in [-0.39, 0.29) is 18.0 Å². The number of fused-ring (bicyclic) bond motifs is 1. The summed E-state index contributed by atoms with van der Waals surface area (Å²) in [4.78, 5) is 18.9. The highest BCUT2D eigenvalue weighted by Gasteiger charge is 2.38. The average Bonchev–Trinajstić information content (AvgIpc) is 3.19. The second kappa shape index (κ2) is 7.00. The van der Waals surface area contributed by atoms with Gasteiger partial charge >= 0.3 is 6.03 Å². The van der Waals surface area contributed by atoms with E-state index in [0.717, 1.165) is 11.3 Å². The van der Waals surface area contributed by atoms with Crippen molar-refractivity contribution in [3.8, 4) is 0 Å². The molecule has 1 unspecified atom stereocenters. The van der Waals surface area contributed by atoms with Gasteiger partial charge in [0.1, 0.15) is 6.04 Å². The molecule has 2 aromatic rings. The lowest BCUT2D eigenvalue weighted by Crippen LogP contribution is -2.42. The molecule has 0 radical (unpaired) electrons. The Morgan fingerprint density at radius 3 is 2.96 bits per heavy atom. The smallest absolute Gasteiger partial charge is 0.322 e. The van der Waals surface area contributed by atoms with E-state index in [1.165, 1.54) is 0 Å². The number of amides is 2. The molecule has 2 amide bonds. The number of hydrogen-bond acceptors (Lipinski definition) is 5. The SMILES string of the molecule is COCCNC(=O)N1c2ccccc2CC1c1nc(C(C)C)no1. The zero-order valence-corrected chi connectivity index (χ0v) is 14.2. The zero-order chi connectivity index (χ0) is 17.1. The maximum Gasteiger partial charge on any atom is 0.322 e. The summed E-state index contributed by atoms with van der Waals surface area (Å²) in [5, 5.41) is 6.90. The Labute approximate surface area is 141 Å². The Hall–Kier alpha value is -2.41. The third-order valence-corrected chi connectivity index (χ3v) is 4.04. The van der Waals surface area contributed by atoms with Gasteiger partial charge in [-0.2, -0.15) is 4.98 Å². The highest BCUT2D eigenvalue weighted by atomic mass is 16.5. The van der Waals surface area contributed by atoms with Gasteiger partial charge in [0.2, 0.25) is 5.89 Å². The highest BCUT2D eigenvalue weighted by Crippen LogP contribution is 2.39. The lowest BCUT2D eigenvalue weighted by molar-refractivity contribution is 0.196. The quantitative estimate of drug-likeness (QED) is 0.853. The van der Waals surface area contributed by atoms with E-state index in [1.807, 2.05) is 38.1 Å². The largest absolute Gasteiger partial charge is 0.383 e. The van der Waals surface area contributed by atoms with E-state index in [4.69, 9.17) is 9.26 Å². The van der Waals surface area contributed by atoms with Crippen LogP contribution in [0.5, 0.6) is 0 Å². The number of carbonyl (C=O) groups excluding carboxylic acids is 1. The van der Waals surface area contributed by atoms with E-state index < -0.39 is 0 Å². The topological polar surface area (TPSA) is 80.5 Å². The lowest BCUT2D eigenvalue weighted by atomic mass is 10.1. The van der Waals surface area contributed by atoms with Gasteiger partial charge in [-0.25, -0.2) is 4.79 Å². The number of nitrogens with one attached hydrogen (secondary N) is 1. The number of methoxy groups -OCH3 is 1. The third kappa shape index (κ3) is 3.12. The Morgan fingerprint density at radius 2 is 2.25 bits per heavy atom. The van der Waals surface area contributed by atoms with Crippen LogP contribution in [-0.4, -0.2) is 36.4 Å². The number of rotatable bonds is 5. The maximum absolute atomic E-state index is 12.7. The molecule has 1 aliphatic heterocycles. The van der Waals surface area contributed by atoms with Crippen LogP contribution in [0.2, 0.25) is 0 Å². The van der Waals surface area contributed by atoms with Crippen molar-refractivity contribution >= 4 is 11.7 Å². The Bertz CT molecular complexity index is 713. The van der Waals surface area contributed by atoms with Gasteiger partial charge in [-0.15, -0.1) is 0 Å². The Kier molecular flexibility index (Phi) is 4.80. The van der Waals surface area contributed by atoms with E-state index in [2.05, 4.69) is 15.5 Å². The molecular formula is C17H22N4O3. The molecule has 0 saturated heterocycles. The van der Waals surface area contributed by atoms with Crippen LogP contribution in [0, 0.1) is 0 Å². The van der Waals surface area contributed by atoms with E-state index in [0.29, 0.717) is 31.3 Å². The zero-order valence-electron chi connectivity index (χ0n) is 14.2. The van der Waals surface area contributed by atoms with Gasteiger partial charge in [0, 0.05) is 31.7 Å². The molecule has 1 aliphatic rings. The molecule has 7 nitrogen and oxygen atoms in total. The van der Waals surface area contributed by atoms with Crippen molar-refractivity contribution in [3.05, 3.63) is 41.5 Å². The standard InChI is InChI=1S/C17H22N4O3/c1-11(2)15-19-16(24-20-15)14-10-12-6-4-5-7-13(12)21(14)17(22)18-8-9-23-3/h4-7,11,14H,8-10H2,1-3H3,(H,18,22). The van der Waals surface area contributed by atoms with Crippen LogP contribution < -0.4 is 10.2 Å². The average molecular weight is 330 g/mol. The Morgan fingerprint density at radius 1 is 1.46 bits per heavy atom. The summed E-state index contributed by atoms with van der Waals surface area (Å²) in [5.74, 6) is 1.30. The summed E-state index contributed by atoms with van der Waals surface area (Å²) in [7, 11) is 1.60. The molecule has 3 rings (SSSR count). The van der Waals surface area contributed by atoms with Gasteiger partial charge in [-0.1, -0.05) is 37.2 Å². The summed E-state index contributed by atoms with van der Waals surface area (Å²) in [5.41, 5.74) is 1.97. The van der Waals surface area contributed by atoms with Crippen molar-refractivity contribution in [2.75, 3.05) is 25.2 Å². The summed E-state index contributed by atoms with van der Waals surface area (Å²) in [6, 6.07) is 7.37. The lowest BCUT2D eigenvalue weighted by Gasteiger charge is -2.23. The molecule has 2 heterocycles. The fourth-order valence-corrected chi connectivity index (χ4v) is 2.80. The fourth-order valence-electron chi connectivity index (χ4n) is 2.80. The number of aromatic nitrogens is 2. The van der Waals surface area contributed by atoms with Crippen LogP contribution >= 0.6 is 0 Å². The first kappa shape index (κ1) is 16.4. The van der Waals surface area contributed by atoms with Gasteiger partial charge in [0.25, 0.3) is 0 Å². The predicted molar refractivity (Wildman–Crippen MR) is 89.0 cm³/mol. The van der Waals surface area contributed by atoms with Crippen LogP contribution in [0.1, 0.15) is 43.1 Å². The molecule has 1 atom stereocenters. The third-order valence-electron chi connectivity index (χ3n) is 4.04. The summed E-state index contributed by atoms with van der Waals surface area (Å²) in [6.07, 6.45) is 0.660. The van der Waals surface area contributed by atoms with Crippen molar-refractivity contribution < 1.29 is 14.1 Å². The van der Waals surface area contributed by atoms with E-state index in [1.54, 1.807) is 12.0 Å². The molecule has 0 spiro atoms. The Balaban J connectivity index is 1.88. The minimum atomic E-state index is -0.287. The first-order chi connectivity index (χ1) is 11.6. The molecule has 128 valence electrons. The summed E-state index contributed by atoms with van der Waals surface area (Å²) >= 11 is 0. The molecule has 7 heteroatoms. The minimum Gasteiger partial charge on any atom is -0.383 e. The van der Waals surface area contributed by atoms with Crippen molar-refractivity contribution in [1.29, 1.82) is 0 Å². The molecule has 1 aromatic carbocycles. The van der Waals surface area contributed by atoms with Gasteiger partial charge in [0.05, 0.1) is 6.61 Å². The molecule has 1 aromatic heterocycles. The van der Waals surface area contributed by atoms with Crippen LogP contribution in [-0.2, 0) is 11.2 Å². The first-order valence-electron chi connectivity index (χ1n) is 8.09. The molecule has 1 N–H and O–H groups in total. The van der Waals surface area contributed by atoms with Gasteiger partial charge in [-0.05, 0) is 11.6 Å². The second-order valence-electron chi connectivity index (χ2n) is 6.09. The fraction of sp³-hybridized carbons (Fsp3) is 0.471. The maximum atomic E-state index is 12.7. The van der Waals surface area contributed by atoms with Crippen LogP contribution in [0.25, 0.3) is 0 Å². The van der Waals surface area contributed by atoms with Gasteiger partial charge in [0.15, 0.2) is 5.82 Å². The second-order valence-corrected chi connectivity index (χ2v) is 6.09. The minimum absolute atomic E-state index is 0.176. The van der Waals surface area contributed by atoms with E-state index >= 15 is 0 Å². The number of benzene rings is 1. The molecular weight excluding hydrogens is 308 g/mol. The summed E-state index contributed by atoms with van der Waals surface area (Å²) < 4.78 is 10.4. The van der Waals surface area contributed by atoms with Crippen molar-refractivity contribution in [3.63, 3.8) is 0 Å². The number of nitrogens with zero attached hydrogens (tertiary/aromatic N) is 3. The predicted octanol–water partition coefficient (Wildman–Crippen LogP) is 2.65. The number of anilines is 1.